The number of aromatic nitrogens is 5. The third-order valence-corrected chi connectivity index (χ3v) is 9.99. The van der Waals surface area contributed by atoms with E-state index in [1.807, 2.05) is 6.07 Å². The molecule has 286 valence electrons. The molecule has 2 fully saturated rings. The number of unbranched alkanes of at least 4 members (excludes halogenated alkanes) is 1. The van der Waals surface area contributed by atoms with Gasteiger partial charge in [-0.1, -0.05) is 49.5 Å². The molecule has 53 heavy (non-hydrogen) atoms. The lowest BCUT2D eigenvalue weighted by Crippen LogP contribution is -2.56. The number of hydrogen-bond acceptors (Lipinski definition) is 10. The number of amides is 5. The third kappa shape index (κ3) is 9.74. The number of H-pyrrole nitrogens is 1. The van der Waals surface area contributed by atoms with Crippen LogP contribution in [0.4, 0.5) is 4.79 Å². The lowest BCUT2D eigenvalue weighted by Gasteiger charge is -2.32. The van der Waals surface area contributed by atoms with Gasteiger partial charge in [-0.2, -0.15) is 0 Å². The summed E-state index contributed by atoms with van der Waals surface area (Å²) in [5.74, 6) is -3.95. The van der Waals surface area contributed by atoms with Crippen molar-refractivity contribution in [2.24, 2.45) is 11.7 Å². The van der Waals surface area contributed by atoms with Crippen molar-refractivity contribution in [1.82, 2.24) is 45.8 Å². The molecule has 5 rings (SSSR count). The highest BCUT2D eigenvalue weighted by Crippen LogP contribution is 2.33. The van der Waals surface area contributed by atoms with Gasteiger partial charge in [0.05, 0.1) is 35.0 Å². The van der Waals surface area contributed by atoms with Gasteiger partial charge in [-0.3, -0.25) is 24.0 Å². The number of aliphatic hydroxyl groups is 1. The molecule has 0 spiro atoms. The predicted molar refractivity (Wildman–Crippen MR) is 189 cm³/mol. The van der Waals surface area contributed by atoms with Crippen molar-refractivity contribution in [1.29, 1.82) is 0 Å². The van der Waals surface area contributed by atoms with Gasteiger partial charge in [-0.05, 0) is 57.6 Å². The van der Waals surface area contributed by atoms with Crippen molar-refractivity contribution >= 4 is 46.5 Å². The van der Waals surface area contributed by atoms with Crippen LogP contribution in [0, 0.1) is 5.92 Å². The predicted octanol–water partition coefficient (Wildman–Crippen LogP) is 1.27. The lowest BCUT2D eigenvalue weighted by molar-refractivity contribution is -0.142. The van der Waals surface area contributed by atoms with E-state index in [4.69, 9.17) is 10.8 Å². The van der Waals surface area contributed by atoms with Crippen molar-refractivity contribution in [3.8, 4) is 0 Å². The van der Waals surface area contributed by atoms with Gasteiger partial charge in [0, 0.05) is 19.5 Å². The van der Waals surface area contributed by atoms with Gasteiger partial charge in [-0.15, -0.1) is 5.10 Å². The number of nitrogens with one attached hydrogen (secondary N) is 4. The average Bonchev–Trinajstić information content (AvgIpc) is 3.89. The molecule has 1 saturated heterocycles. The molecular weight excluding hydrogens is 688 g/mol. The van der Waals surface area contributed by atoms with Crippen LogP contribution in [-0.2, 0) is 24.8 Å². The minimum Gasteiger partial charge on any atom is -0.465 e. The number of Topliss-reactive ketones (excluding diaryl/α,β-unsaturated/α-hetero) is 1. The van der Waals surface area contributed by atoms with E-state index in [1.165, 1.54) is 15.8 Å². The fraction of sp³-hybridized carbons (Fsp3) is 0.571. The Labute approximate surface area is 305 Å². The Morgan fingerprint density at radius 3 is 2.45 bits per heavy atom. The molecule has 3 heterocycles. The van der Waals surface area contributed by atoms with Gasteiger partial charge in [0.1, 0.15) is 17.7 Å². The van der Waals surface area contributed by atoms with E-state index in [0.29, 0.717) is 29.6 Å². The Hall–Kier alpha value is -5.39. The topological polar surface area (TPSA) is 268 Å². The van der Waals surface area contributed by atoms with Crippen molar-refractivity contribution in [2.45, 2.75) is 108 Å². The number of likely N-dealkylation sites (tertiary alicyclic amines) is 1. The first-order valence-corrected chi connectivity index (χ1v) is 18.0. The zero-order chi connectivity index (χ0) is 38.3. The van der Waals surface area contributed by atoms with Crippen LogP contribution >= 0.6 is 0 Å². The summed E-state index contributed by atoms with van der Waals surface area (Å²) in [6, 6.07) is 2.97. The van der Waals surface area contributed by atoms with E-state index in [0.717, 1.165) is 32.1 Å². The van der Waals surface area contributed by atoms with Crippen LogP contribution in [-0.4, -0.2) is 107 Å². The highest BCUT2D eigenvalue weighted by Gasteiger charge is 2.45. The molecule has 1 saturated carbocycles. The smallest absolute Gasteiger partial charge is 0.404 e. The number of rotatable bonds is 16. The summed E-state index contributed by atoms with van der Waals surface area (Å²) in [6.07, 6.45) is 5.94. The van der Waals surface area contributed by atoms with Crippen molar-refractivity contribution in [2.75, 3.05) is 13.1 Å². The van der Waals surface area contributed by atoms with Crippen LogP contribution in [0.1, 0.15) is 100 Å². The summed E-state index contributed by atoms with van der Waals surface area (Å²) >= 11 is 0. The quantitative estimate of drug-likeness (QED) is 0.0813. The SMILES string of the molecule is CC(C)(O)c1cnnn1[C@H]1C[C@@H](C(=O)NC(CCCCNC(=O)O)C(=O)C(N)=O)N(C(=O)C(CC2CCCCC2)NC(=O)c2nc3ccccc3[nH]2)C1. The van der Waals surface area contributed by atoms with E-state index in [2.05, 4.69) is 36.2 Å². The van der Waals surface area contributed by atoms with Crippen LogP contribution in [0.15, 0.2) is 30.5 Å². The van der Waals surface area contributed by atoms with Crippen molar-refractivity contribution < 1.29 is 39.0 Å². The second-order valence-electron chi connectivity index (χ2n) is 14.4. The summed E-state index contributed by atoms with van der Waals surface area (Å²) in [4.78, 5) is 86.9. The summed E-state index contributed by atoms with van der Waals surface area (Å²) in [6.45, 7) is 3.17. The number of carbonyl (C=O) groups excluding carboxylic acids is 5. The molecule has 8 N–H and O–H groups in total. The minimum absolute atomic E-state index is 0.0112. The van der Waals surface area contributed by atoms with Gasteiger partial charge in [0.2, 0.25) is 17.6 Å². The minimum atomic E-state index is -1.36. The van der Waals surface area contributed by atoms with Crippen LogP contribution < -0.4 is 21.7 Å². The number of aromatic amines is 1. The molecular formula is C35H48N10O8. The Balaban J connectivity index is 1.43. The number of ketones is 1. The Kier molecular flexibility index (Phi) is 12.4. The number of carbonyl (C=O) groups is 6. The van der Waals surface area contributed by atoms with E-state index in [9.17, 15) is 33.9 Å². The standard InChI is InChI=1S/C35H48N10O8/c1-35(2,53)27-18-38-43-45(27)21-17-26(31(48)41-24(28(46)29(36)47)14-8-9-15-37-34(51)52)44(19-21)33(50)25(16-20-10-4-3-5-11-20)42-32(49)30-39-22-12-6-7-13-23(22)40-30/h6-7,12-13,18,20-21,24-26,37,53H,3-5,8-11,14-17,19H2,1-2H3,(H2,36,47)(H,39,40)(H,41,48)(H,42,49)(H,51,52)/t21-,24?,25?,26-/m0/s1. The highest BCUT2D eigenvalue weighted by atomic mass is 16.4. The zero-order valence-corrected chi connectivity index (χ0v) is 29.9. The Bertz CT molecular complexity index is 1780. The number of para-hydroxylation sites is 2. The van der Waals surface area contributed by atoms with Gasteiger partial charge in [0.25, 0.3) is 11.8 Å². The molecule has 4 atom stereocenters. The number of primary amides is 1. The molecule has 18 heteroatoms. The largest absolute Gasteiger partial charge is 0.465 e. The average molecular weight is 737 g/mol. The molecule has 18 nitrogen and oxygen atoms in total. The maximum absolute atomic E-state index is 14.7. The molecule has 1 aliphatic carbocycles. The first kappa shape index (κ1) is 38.8. The van der Waals surface area contributed by atoms with Gasteiger partial charge in [0.15, 0.2) is 5.82 Å². The van der Waals surface area contributed by atoms with Gasteiger partial charge in [-0.25, -0.2) is 14.5 Å². The number of nitrogens with two attached hydrogens (primary N) is 1. The fourth-order valence-electron chi connectivity index (χ4n) is 7.28. The molecule has 2 aliphatic rings. The van der Waals surface area contributed by atoms with Crippen molar-refractivity contribution in [3.63, 3.8) is 0 Å². The normalized spacial score (nSPS) is 19.0. The summed E-state index contributed by atoms with van der Waals surface area (Å²) < 4.78 is 1.47. The van der Waals surface area contributed by atoms with E-state index < -0.39 is 65.3 Å². The monoisotopic (exact) mass is 736 g/mol. The van der Waals surface area contributed by atoms with E-state index >= 15 is 0 Å². The molecule has 2 aromatic heterocycles. The molecule has 2 unspecified atom stereocenters. The van der Waals surface area contributed by atoms with Gasteiger partial charge < -0.3 is 41.8 Å². The molecule has 1 aromatic carbocycles. The molecule has 1 aliphatic heterocycles. The summed E-state index contributed by atoms with van der Waals surface area (Å²) in [5, 5.41) is 35.6. The molecule has 5 amide bonds. The number of benzene rings is 1. The van der Waals surface area contributed by atoms with Crippen LogP contribution in [0.25, 0.3) is 11.0 Å². The van der Waals surface area contributed by atoms with Crippen LogP contribution in [0.3, 0.4) is 0 Å². The van der Waals surface area contributed by atoms with Crippen LogP contribution in [0.5, 0.6) is 0 Å². The second kappa shape index (κ2) is 17.0. The number of hydrogen-bond donors (Lipinski definition) is 7. The van der Waals surface area contributed by atoms with Crippen molar-refractivity contribution in [3.05, 3.63) is 42.0 Å². The second-order valence-corrected chi connectivity index (χ2v) is 14.4. The number of imidazole rings is 1. The molecule has 0 radical (unpaired) electrons. The molecule has 0 bridgehead atoms. The number of nitrogens with zero attached hydrogens (tertiary/aromatic N) is 5. The summed E-state index contributed by atoms with van der Waals surface area (Å²) in [5.41, 5.74) is 5.54. The molecule has 3 aromatic rings. The number of fused-ring (bicyclic) bond motifs is 1. The Morgan fingerprint density at radius 2 is 1.77 bits per heavy atom. The lowest BCUT2D eigenvalue weighted by atomic mass is 9.84. The van der Waals surface area contributed by atoms with Gasteiger partial charge >= 0.3 is 6.09 Å². The first-order chi connectivity index (χ1) is 25.2. The fourth-order valence-corrected chi connectivity index (χ4v) is 7.28. The maximum Gasteiger partial charge on any atom is 0.404 e. The number of carboxylic acid groups (broad SMARTS) is 1. The third-order valence-electron chi connectivity index (χ3n) is 9.99. The van der Waals surface area contributed by atoms with Crippen LogP contribution in [0.2, 0.25) is 0 Å². The first-order valence-electron chi connectivity index (χ1n) is 18.0. The zero-order valence-electron chi connectivity index (χ0n) is 29.9. The summed E-state index contributed by atoms with van der Waals surface area (Å²) in [7, 11) is 0. The van der Waals surface area contributed by atoms with E-state index in [1.54, 1.807) is 32.0 Å². The highest BCUT2D eigenvalue weighted by molar-refractivity contribution is 6.37. The Morgan fingerprint density at radius 1 is 1.04 bits per heavy atom. The van der Waals surface area contributed by atoms with E-state index in [-0.39, 0.29) is 44.1 Å². The maximum atomic E-state index is 14.7.